The summed E-state index contributed by atoms with van der Waals surface area (Å²) in [6.45, 7) is 0. The summed E-state index contributed by atoms with van der Waals surface area (Å²) in [5.41, 5.74) is 0. The zero-order valence-electron chi connectivity index (χ0n) is 19.7. The van der Waals surface area contributed by atoms with Gasteiger partial charge in [0.15, 0.2) is 0 Å². The van der Waals surface area contributed by atoms with Crippen LogP contribution in [0.25, 0.3) is 0 Å². The second-order valence-corrected chi connectivity index (χ2v) is 7.70. The smallest absolute Gasteiger partial charge is 0.272 e. The molecule has 0 rings (SSSR count). The molecule has 0 spiro atoms. The minimum Gasteiger partial charge on any atom is -0.272 e. The van der Waals surface area contributed by atoms with E-state index in [1.54, 1.807) is 0 Å². The molecule has 4 nitrogen and oxygen atoms in total. The van der Waals surface area contributed by atoms with Gasteiger partial charge in [-0.15, -0.1) is 0 Å². The van der Waals surface area contributed by atoms with Crippen LogP contribution in [0, 0.1) is 0 Å². The highest BCUT2D eigenvalue weighted by Crippen LogP contribution is 2.60. The van der Waals surface area contributed by atoms with Gasteiger partial charge in [-0.1, -0.05) is 0 Å². The van der Waals surface area contributed by atoms with Crippen molar-refractivity contribution in [3.05, 3.63) is 0 Å². The summed E-state index contributed by atoms with van der Waals surface area (Å²) < 4.78 is 381. The molecule has 47 heavy (non-hydrogen) atoms. The number of halogens is 29. The molecule has 0 aliphatic heterocycles. The molecule has 0 radical (unpaired) electrons. The van der Waals surface area contributed by atoms with Crippen LogP contribution in [0.15, 0.2) is 0 Å². The lowest BCUT2D eigenvalue weighted by molar-refractivity contribution is -0.590. The molecule has 0 saturated carbocycles. The van der Waals surface area contributed by atoms with Gasteiger partial charge in [0.25, 0.3) is 6.36 Å². The molecule has 0 aromatic carbocycles. The van der Waals surface area contributed by atoms with E-state index < -0.39 is 85.2 Å². The topological polar surface area (TPSA) is 36.9 Å². The van der Waals surface area contributed by atoms with Gasteiger partial charge in [0, 0.05) is 0 Å². The molecule has 0 bridgehead atoms. The van der Waals surface area contributed by atoms with Crippen LogP contribution in [0.3, 0.4) is 0 Å². The van der Waals surface area contributed by atoms with Crippen molar-refractivity contribution in [1.82, 2.24) is 0 Å². The Bertz CT molecular complexity index is 1080. The van der Waals surface area contributed by atoms with Crippen LogP contribution in [-0.4, -0.2) is 85.2 Å². The van der Waals surface area contributed by atoms with E-state index in [-0.39, 0.29) is 0 Å². The van der Waals surface area contributed by atoms with Crippen LogP contribution in [0.5, 0.6) is 0 Å². The predicted octanol–water partition coefficient (Wildman–Crippen LogP) is 9.16. The molecule has 284 valence electrons. The molecule has 0 fully saturated rings. The Morgan fingerprint density at radius 3 is 0.745 bits per heavy atom. The summed E-state index contributed by atoms with van der Waals surface area (Å²) in [4.78, 5) is 0. The van der Waals surface area contributed by atoms with Gasteiger partial charge < -0.3 is 0 Å². The molecule has 0 unspecified atom stereocenters. The monoisotopic (exact) mass is 784 g/mol. The van der Waals surface area contributed by atoms with E-state index in [2.05, 4.69) is 0 Å². The Hall–Kier alpha value is -2.19. The lowest BCUT2D eigenvalue weighted by Gasteiger charge is -2.43. The Morgan fingerprint density at radius 1 is 0.298 bits per heavy atom. The fourth-order valence-corrected chi connectivity index (χ4v) is 2.01. The average molecular weight is 784 g/mol. The second-order valence-electron chi connectivity index (χ2n) is 7.70. The third-order valence-corrected chi connectivity index (χ3v) is 4.25. The number of hydrogen-bond acceptors (Lipinski definition) is 4. The van der Waals surface area contributed by atoms with Gasteiger partial charge >= 0.3 is 78.8 Å². The first kappa shape index (κ1) is 44.8. The minimum atomic E-state index is -9.13. The second kappa shape index (κ2) is 11.7. The van der Waals surface area contributed by atoms with Crippen molar-refractivity contribution in [1.29, 1.82) is 0 Å². The molecule has 0 aliphatic rings. The summed E-state index contributed by atoms with van der Waals surface area (Å²) in [5.74, 6) is -35.1. The Morgan fingerprint density at radius 2 is 0.532 bits per heavy atom. The van der Waals surface area contributed by atoms with Crippen molar-refractivity contribution in [2.45, 2.75) is 85.2 Å². The summed E-state index contributed by atoms with van der Waals surface area (Å²) >= 11 is 0. The van der Waals surface area contributed by atoms with Gasteiger partial charge in [0.2, 0.25) is 0 Å². The molecular weight excluding hydrogens is 783 g/mol. The van der Waals surface area contributed by atoms with E-state index >= 15 is 0 Å². The van der Waals surface area contributed by atoms with E-state index in [1.807, 2.05) is 0 Å². The third-order valence-electron chi connectivity index (χ3n) is 4.25. The van der Waals surface area contributed by atoms with Gasteiger partial charge in [0.05, 0.1) is 0 Å². The zero-order chi connectivity index (χ0) is 38.9. The minimum absolute atomic E-state index is 0.844. The number of ether oxygens (including phenoxy) is 4. The van der Waals surface area contributed by atoms with Gasteiger partial charge in [-0.05, 0) is 0 Å². The van der Waals surface area contributed by atoms with Crippen LogP contribution in [0.1, 0.15) is 0 Å². The first-order valence-electron chi connectivity index (χ1n) is 9.46. The lowest BCUT2D eigenvalue weighted by atomic mass is 10.2. The highest BCUT2D eigenvalue weighted by atomic mass is 19.4. The average Bonchev–Trinajstić information content (AvgIpc) is 2.73. The fourth-order valence-electron chi connectivity index (χ4n) is 2.01. The largest absolute Gasteiger partial charge is 0.462 e. The predicted molar refractivity (Wildman–Crippen MR) is 75.8 cm³/mol. The highest BCUT2D eigenvalue weighted by Gasteiger charge is 2.89. The molecule has 4 atom stereocenters. The SMILES string of the molecule is F[C@@H](OC(F)(F)[C@](F)(OC(F)(F)[C@](F)(OC(F)(F)[C@](F)(OC(F)(F)C(F)(F)C(F)(F)F)C(F)(F)F)C(F)(F)F)C(F)(F)F)C(F)(F)F. The molecule has 0 saturated heterocycles. The van der Waals surface area contributed by atoms with E-state index in [0.29, 0.717) is 0 Å². The van der Waals surface area contributed by atoms with Crippen LogP contribution in [0.4, 0.5) is 127 Å². The number of hydrogen-bond donors (Lipinski definition) is 0. The molecule has 0 amide bonds. The van der Waals surface area contributed by atoms with Crippen molar-refractivity contribution >= 4 is 0 Å². The van der Waals surface area contributed by atoms with Crippen LogP contribution in [0.2, 0.25) is 0 Å². The molecular formula is C14HF29O4. The Kier molecular flexibility index (Phi) is 11.2. The van der Waals surface area contributed by atoms with Gasteiger partial charge in [-0.3, -0.25) is 18.9 Å². The first-order valence-corrected chi connectivity index (χ1v) is 9.46. The van der Waals surface area contributed by atoms with Crippen LogP contribution in [-0.2, 0) is 18.9 Å². The van der Waals surface area contributed by atoms with E-state index in [4.69, 9.17) is 0 Å². The maximum Gasteiger partial charge on any atom is 0.462 e. The highest BCUT2D eigenvalue weighted by molar-refractivity contribution is 4.98. The van der Waals surface area contributed by atoms with E-state index in [9.17, 15) is 127 Å². The van der Waals surface area contributed by atoms with Gasteiger partial charge in [-0.25, -0.2) is 4.39 Å². The maximum absolute atomic E-state index is 14.2. The quantitative estimate of drug-likeness (QED) is 0.185. The van der Waals surface area contributed by atoms with Crippen LogP contribution < -0.4 is 0 Å². The maximum atomic E-state index is 14.2. The molecule has 0 aromatic heterocycles. The summed E-state index contributed by atoms with van der Waals surface area (Å²) in [7, 11) is 0. The molecule has 0 heterocycles. The Labute approximate surface area is 233 Å². The van der Waals surface area contributed by atoms with Crippen molar-refractivity contribution < 1.29 is 146 Å². The molecule has 0 N–H and O–H groups in total. The van der Waals surface area contributed by atoms with Gasteiger partial charge in [-0.2, -0.15) is 123 Å². The number of alkyl halides is 29. The molecule has 0 aliphatic carbocycles. The van der Waals surface area contributed by atoms with Crippen molar-refractivity contribution in [3.8, 4) is 0 Å². The summed E-state index contributed by atoms with van der Waals surface area (Å²) in [5, 5.41) is 0. The van der Waals surface area contributed by atoms with E-state index in [0.717, 1.165) is 14.2 Å². The summed E-state index contributed by atoms with van der Waals surface area (Å²) in [6, 6.07) is 0. The van der Waals surface area contributed by atoms with Gasteiger partial charge in [0.1, 0.15) is 0 Å². The normalized spacial score (nSPS) is 20.4. The number of rotatable bonds is 12. The fraction of sp³-hybridized carbons (Fsp3) is 1.00. The summed E-state index contributed by atoms with van der Waals surface area (Å²) in [6.07, 6.45) is -81.9. The molecule has 33 heteroatoms. The van der Waals surface area contributed by atoms with Crippen LogP contribution >= 0.6 is 0 Å². The zero-order valence-corrected chi connectivity index (χ0v) is 19.7. The van der Waals surface area contributed by atoms with Crippen molar-refractivity contribution in [2.24, 2.45) is 0 Å². The third kappa shape index (κ3) is 7.84. The first-order chi connectivity index (χ1) is 19.7. The standard InChI is InChI=1S/C14HF29O4/c15-1(2(16,17)18)44-12(38,39)4(21,8(27,28)29)46-14(42,43)6(23,10(33,34)35)47-13(40,41)5(22,9(30,31)32)45-11(36,37)3(19,20)7(24,25)26/h1H/t1-,4+,5+,6+/m0/s1. The lowest BCUT2D eigenvalue weighted by Crippen LogP contribution is -2.71. The van der Waals surface area contributed by atoms with Crippen molar-refractivity contribution in [3.63, 3.8) is 0 Å². The Balaban J connectivity index is 7.48. The molecule has 0 aromatic rings. The van der Waals surface area contributed by atoms with Crippen molar-refractivity contribution in [2.75, 3.05) is 0 Å². The van der Waals surface area contributed by atoms with E-state index in [1.165, 1.54) is 4.74 Å².